The van der Waals surface area contributed by atoms with Crippen LogP contribution in [0.5, 0.6) is 5.75 Å². The van der Waals surface area contributed by atoms with E-state index in [1.165, 1.54) is 12.4 Å². The predicted molar refractivity (Wildman–Crippen MR) is 159 cm³/mol. The molecule has 5 rings (SSSR count). The molecule has 2 fully saturated rings. The number of aromatic nitrogens is 2. The minimum atomic E-state index is -0.289. The first-order valence-corrected chi connectivity index (χ1v) is 13.6. The molecular formula is C29H34ClN7O3. The maximum absolute atomic E-state index is 12.3. The number of rotatable bonds is 9. The number of nitrogens with zero attached hydrogens (tertiary/aromatic N) is 5. The maximum atomic E-state index is 12.3. The lowest BCUT2D eigenvalue weighted by atomic mass is 10.0. The largest absolute Gasteiger partial charge is 0.494 e. The quantitative estimate of drug-likeness (QED) is 0.347. The molecule has 10 nitrogen and oxygen atoms in total. The minimum absolute atomic E-state index is 0.0255. The lowest BCUT2D eigenvalue weighted by Gasteiger charge is -2.26. The van der Waals surface area contributed by atoms with Crippen molar-refractivity contribution in [2.24, 2.45) is 0 Å². The summed E-state index contributed by atoms with van der Waals surface area (Å²) in [5.41, 5.74) is 3.25. The smallest absolute Gasteiger partial charge is 0.247 e. The van der Waals surface area contributed by atoms with Gasteiger partial charge in [0.1, 0.15) is 17.9 Å². The lowest BCUT2D eigenvalue weighted by Crippen LogP contribution is -2.31. The van der Waals surface area contributed by atoms with Gasteiger partial charge in [-0.05, 0) is 50.4 Å². The molecule has 0 aliphatic carbocycles. The number of ether oxygens (including phenoxy) is 1. The van der Waals surface area contributed by atoms with Crippen molar-refractivity contribution in [3.05, 3.63) is 72.0 Å². The average molecular weight is 564 g/mol. The Bertz CT molecular complexity index is 1390. The van der Waals surface area contributed by atoms with Gasteiger partial charge in [-0.1, -0.05) is 30.3 Å². The third-order valence-electron chi connectivity index (χ3n) is 7.27. The SMILES string of the molecule is C=CC(=O)Nc1cc(Nc2cc(N3OCCC3c3cccc(Cl)c3)ncn2)c(OC)cc1N1CCC(N(C)C)C1. The third-order valence-corrected chi connectivity index (χ3v) is 7.51. The number of carbonyl (C=O) groups is 1. The van der Waals surface area contributed by atoms with Gasteiger partial charge in [0.25, 0.3) is 0 Å². The van der Waals surface area contributed by atoms with Crippen molar-refractivity contribution < 1.29 is 14.4 Å². The lowest BCUT2D eigenvalue weighted by molar-refractivity contribution is -0.111. The summed E-state index contributed by atoms with van der Waals surface area (Å²) in [5.74, 6) is 1.49. The van der Waals surface area contributed by atoms with E-state index in [1.807, 2.05) is 42.5 Å². The molecule has 0 saturated carbocycles. The Morgan fingerprint density at radius 3 is 2.77 bits per heavy atom. The molecule has 0 spiro atoms. The van der Waals surface area contributed by atoms with E-state index < -0.39 is 0 Å². The predicted octanol–water partition coefficient (Wildman–Crippen LogP) is 5.03. The van der Waals surface area contributed by atoms with Crippen LogP contribution in [0.3, 0.4) is 0 Å². The van der Waals surface area contributed by atoms with E-state index in [9.17, 15) is 4.79 Å². The van der Waals surface area contributed by atoms with Crippen molar-refractivity contribution in [1.82, 2.24) is 14.9 Å². The van der Waals surface area contributed by atoms with Crippen LogP contribution >= 0.6 is 11.6 Å². The van der Waals surface area contributed by atoms with Gasteiger partial charge in [-0.25, -0.2) is 15.0 Å². The number of amides is 1. The molecule has 2 unspecified atom stereocenters. The van der Waals surface area contributed by atoms with Crippen LogP contribution in [0.1, 0.15) is 24.4 Å². The van der Waals surface area contributed by atoms with Crippen molar-refractivity contribution in [1.29, 1.82) is 0 Å². The molecule has 0 radical (unpaired) electrons. The number of hydrogen-bond donors (Lipinski definition) is 2. The Hall–Kier alpha value is -3.86. The van der Waals surface area contributed by atoms with Crippen molar-refractivity contribution >= 4 is 46.2 Å². The zero-order valence-electron chi connectivity index (χ0n) is 22.9. The second-order valence-electron chi connectivity index (χ2n) is 10.0. The zero-order valence-corrected chi connectivity index (χ0v) is 23.7. The van der Waals surface area contributed by atoms with Crippen LogP contribution in [0.2, 0.25) is 5.02 Å². The maximum Gasteiger partial charge on any atom is 0.247 e. The highest BCUT2D eigenvalue weighted by Crippen LogP contribution is 2.41. The number of benzene rings is 2. The zero-order chi connectivity index (χ0) is 28.2. The van der Waals surface area contributed by atoms with Crippen LogP contribution in [0, 0.1) is 0 Å². The van der Waals surface area contributed by atoms with Gasteiger partial charge in [0.2, 0.25) is 5.91 Å². The number of anilines is 5. The second kappa shape index (κ2) is 12.1. The Kier molecular flexibility index (Phi) is 8.39. The molecule has 1 aromatic heterocycles. The van der Waals surface area contributed by atoms with E-state index in [4.69, 9.17) is 21.2 Å². The number of carbonyl (C=O) groups excluding carboxylic acids is 1. The number of methoxy groups -OCH3 is 1. The molecule has 2 aromatic carbocycles. The van der Waals surface area contributed by atoms with Crippen LogP contribution < -0.4 is 25.3 Å². The molecular weight excluding hydrogens is 530 g/mol. The first kappa shape index (κ1) is 27.7. The van der Waals surface area contributed by atoms with Gasteiger partial charge in [-0.15, -0.1) is 0 Å². The molecule has 2 saturated heterocycles. The van der Waals surface area contributed by atoms with Crippen molar-refractivity contribution in [2.45, 2.75) is 24.9 Å². The van der Waals surface area contributed by atoms with Gasteiger partial charge in [0.15, 0.2) is 5.82 Å². The molecule has 2 atom stereocenters. The Morgan fingerprint density at radius 1 is 1.20 bits per heavy atom. The molecule has 11 heteroatoms. The van der Waals surface area contributed by atoms with Crippen molar-refractivity contribution in [3.63, 3.8) is 0 Å². The van der Waals surface area contributed by atoms with Gasteiger partial charge in [0, 0.05) is 42.7 Å². The highest BCUT2D eigenvalue weighted by molar-refractivity contribution is 6.30. The fraction of sp³-hybridized carbons (Fsp3) is 0.345. The number of hydroxylamine groups is 1. The third kappa shape index (κ3) is 5.99. The summed E-state index contributed by atoms with van der Waals surface area (Å²) in [5, 5.41) is 8.78. The van der Waals surface area contributed by atoms with Gasteiger partial charge >= 0.3 is 0 Å². The fourth-order valence-electron chi connectivity index (χ4n) is 5.15. The van der Waals surface area contributed by atoms with Crippen molar-refractivity contribution in [2.75, 3.05) is 61.5 Å². The number of likely N-dealkylation sites (N-methyl/N-ethyl adjacent to an activating group) is 1. The molecule has 40 heavy (non-hydrogen) atoms. The standard InChI is InChI=1S/C29H34ClN7O3/c1-5-29(38)34-22-14-23(26(39-4)15-25(22)36-11-9-21(17-36)35(2)3)33-27-16-28(32-18-31-27)37-24(10-12-40-37)19-7-6-8-20(30)13-19/h5-8,13-16,18,21,24H,1,9-12,17H2,2-4H3,(H,34,38)(H,31,32,33). The highest BCUT2D eigenvalue weighted by Gasteiger charge is 2.30. The molecule has 2 aliphatic rings. The topological polar surface area (TPSA) is 95.1 Å². The minimum Gasteiger partial charge on any atom is -0.494 e. The molecule has 0 bridgehead atoms. The summed E-state index contributed by atoms with van der Waals surface area (Å²) >= 11 is 6.24. The Balaban J connectivity index is 1.44. The van der Waals surface area contributed by atoms with E-state index in [2.05, 4.69) is 51.1 Å². The van der Waals surface area contributed by atoms with Crippen LogP contribution in [0.4, 0.5) is 28.7 Å². The summed E-state index contributed by atoms with van der Waals surface area (Å²) in [7, 11) is 5.79. The Labute approximate surface area is 239 Å². The Morgan fingerprint density at radius 2 is 2.05 bits per heavy atom. The van der Waals surface area contributed by atoms with Gasteiger partial charge < -0.3 is 25.2 Å². The van der Waals surface area contributed by atoms with E-state index in [1.54, 1.807) is 12.2 Å². The van der Waals surface area contributed by atoms with E-state index in [-0.39, 0.29) is 11.9 Å². The van der Waals surface area contributed by atoms with E-state index in [0.717, 1.165) is 37.2 Å². The highest BCUT2D eigenvalue weighted by atomic mass is 35.5. The van der Waals surface area contributed by atoms with Gasteiger partial charge in [-0.2, -0.15) is 0 Å². The summed E-state index contributed by atoms with van der Waals surface area (Å²) < 4.78 is 5.77. The molecule has 1 amide bonds. The van der Waals surface area contributed by atoms with Gasteiger partial charge in [-0.3, -0.25) is 9.63 Å². The summed E-state index contributed by atoms with van der Waals surface area (Å²) in [4.78, 5) is 31.7. The molecule has 2 aliphatic heterocycles. The first-order chi connectivity index (χ1) is 19.4. The summed E-state index contributed by atoms with van der Waals surface area (Å²) in [6.07, 6.45) is 4.58. The van der Waals surface area contributed by atoms with Crippen LogP contribution in [0.25, 0.3) is 0 Å². The first-order valence-electron chi connectivity index (χ1n) is 13.2. The fourth-order valence-corrected chi connectivity index (χ4v) is 5.35. The van der Waals surface area contributed by atoms with Crippen LogP contribution in [-0.2, 0) is 9.63 Å². The number of nitrogens with one attached hydrogen (secondary N) is 2. The van der Waals surface area contributed by atoms with Gasteiger partial charge in [0.05, 0.1) is 36.8 Å². The molecule has 2 N–H and O–H groups in total. The van der Waals surface area contributed by atoms with E-state index in [0.29, 0.717) is 46.4 Å². The monoisotopic (exact) mass is 563 g/mol. The summed E-state index contributed by atoms with van der Waals surface area (Å²) in [6, 6.07) is 13.8. The van der Waals surface area contributed by atoms with Crippen LogP contribution in [0.15, 0.2) is 61.4 Å². The molecule has 3 aromatic rings. The molecule has 210 valence electrons. The van der Waals surface area contributed by atoms with Crippen LogP contribution in [-0.4, -0.2) is 67.7 Å². The van der Waals surface area contributed by atoms with Crippen molar-refractivity contribution in [3.8, 4) is 5.75 Å². The number of hydrogen-bond acceptors (Lipinski definition) is 9. The second-order valence-corrected chi connectivity index (χ2v) is 10.5. The number of halogens is 1. The molecule has 3 heterocycles. The summed E-state index contributed by atoms with van der Waals surface area (Å²) in [6.45, 7) is 5.89. The average Bonchev–Trinajstić information content (AvgIpc) is 3.64. The normalized spacial score (nSPS) is 18.7. The van der Waals surface area contributed by atoms with E-state index >= 15 is 0 Å².